The van der Waals surface area contributed by atoms with E-state index in [1.54, 1.807) is 0 Å². The number of hydrogen-bond donors (Lipinski definition) is 0. The molecular weight excluding hydrogens is 190 g/mol. The Labute approximate surface area is 92.4 Å². The van der Waals surface area contributed by atoms with Crippen LogP contribution in [-0.2, 0) is 4.74 Å². The van der Waals surface area contributed by atoms with Crippen molar-refractivity contribution in [1.82, 2.24) is 9.80 Å². The van der Waals surface area contributed by atoms with Crippen LogP contribution in [0.2, 0.25) is 0 Å². The van der Waals surface area contributed by atoms with Gasteiger partial charge in [0, 0.05) is 39.1 Å². The minimum Gasteiger partial charge on any atom is -0.379 e. The van der Waals surface area contributed by atoms with Crippen LogP contribution in [0.25, 0.3) is 0 Å². The minimum absolute atomic E-state index is 0.636. The first-order valence-electron chi connectivity index (χ1n) is 5.76. The van der Waals surface area contributed by atoms with E-state index < -0.39 is 0 Å². The lowest BCUT2D eigenvalue weighted by Gasteiger charge is -2.29. The fraction of sp³-hybridized carbons (Fsp3) is 0.909. The third-order valence-electron chi connectivity index (χ3n) is 2.82. The zero-order chi connectivity index (χ0) is 10.9. The van der Waals surface area contributed by atoms with Gasteiger partial charge in [0.2, 0.25) is 0 Å². The van der Waals surface area contributed by atoms with Gasteiger partial charge in [-0.3, -0.25) is 4.90 Å². The van der Waals surface area contributed by atoms with Crippen molar-refractivity contribution in [2.24, 2.45) is 0 Å². The minimum atomic E-state index is 0.636. The molecule has 1 rings (SSSR count). The van der Waals surface area contributed by atoms with Crippen LogP contribution in [0.15, 0.2) is 0 Å². The largest absolute Gasteiger partial charge is 0.379 e. The maximum absolute atomic E-state index is 8.52. The molecule has 0 aliphatic carbocycles. The Hall–Kier alpha value is -0.630. The molecule has 1 heterocycles. The summed E-state index contributed by atoms with van der Waals surface area (Å²) in [4.78, 5) is 4.76. The predicted molar refractivity (Wildman–Crippen MR) is 59.6 cm³/mol. The van der Waals surface area contributed by atoms with Crippen molar-refractivity contribution in [2.45, 2.75) is 13.3 Å². The normalized spacial score (nSPS) is 17.9. The van der Waals surface area contributed by atoms with Crippen LogP contribution in [0.1, 0.15) is 13.3 Å². The Bertz CT molecular complexity index is 196. The van der Waals surface area contributed by atoms with E-state index in [-0.39, 0.29) is 0 Å². The first-order chi connectivity index (χ1) is 7.36. The van der Waals surface area contributed by atoms with E-state index in [4.69, 9.17) is 10.00 Å². The first-order valence-corrected chi connectivity index (χ1v) is 5.76. The average molecular weight is 211 g/mol. The second kappa shape index (κ2) is 7.63. The molecule has 1 aliphatic heterocycles. The van der Waals surface area contributed by atoms with Gasteiger partial charge in [0.1, 0.15) is 0 Å². The first kappa shape index (κ1) is 12.4. The second-order valence-electron chi connectivity index (χ2n) is 3.80. The lowest BCUT2D eigenvalue weighted by Crippen LogP contribution is -2.41. The summed E-state index contributed by atoms with van der Waals surface area (Å²) >= 11 is 0. The summed E-state index contributed by atoms with van der Waals surface area (Å²) in [6, 6.07) is 2.20. The Balaban J connectivity index is 2.12. The average Bonchev–Trinajstić information content (AvgIpc) is 2.31. The molecule has 0 radical (unpaired) electrons. The summed E-state index contributed by atoms with van der Waals surface area (Å²) < 4.78 is 5.30. The Morgan fingerprint density at radius 3 is 2.67 bits per heavy atom. The predicted octanol–water partition coefficient (Wildman–Crippen LogP) is 0.554. The van der Waals surface area contributed by atoms with Gasteiger partial charge in [-0.2, -0.15) is 5.26 Å². The van der Waals surface area contributed by atoms with Gasteiger partial charge < -0.3 is 9.64 Å². The molecule has 0 aromatic carbocycles. The number of hydrogen-bond acceptors (Lipinski definition) is 4. The second-order valence-corrected chi connectivity index (χ2v) is 3.80. The molecular formula is C11H21N3O. The zero-order valence-corrected chi connectivity index (χ0v) is 9.61. The fourth-order valence-corrected chi connectivity index (χ4v) is 1.74. The molecule has 0 saturated carbocycles. The maximum Gasteiger partial charge on any atom is 0.0635 e. The highest BCUT2D eigenvalue weighted by Crippen LogP contribution is 1.98. The molecule has 15 heavy (non-hydrogen) atoms. The SMILES string of the molecule is CCN(CCC#N)CCN1CCOCC1. The molecule has 1 saturated heterocycles. The molecule has 0 N–H and O–H groups in total. The van der Waals surface area contributed by atoms with Crippen molar-refractivity contribution < 1.29 is 4.74 Å². The Kier molecular flexibility index (Phi) is 6.33. The maximum atomic E-state index is 8.52. The van der Waals surface area contributed by atoms with Crippen LogP contribution in [0, 0.1) is 11.3 Å². The van der Waals surface area contributed by atoms with E-state index in [9.17, 15) is 0 Å². The molecule has 0 aromatic rings. The van der Waals surface area contributed by atoms with Crippen molar-refractivity contribution in [3.8, 4) is 6.07 Å². The molecule has 0 atom stereocenters. The highest BCUT2D eigenvalue weighted by molar-refractivity contribution is 4.73. The summed E-state index contributed by atoms with van der Waals surface area (Å²) in [7, 11) is 0. The number of rotatable bonds is 6. The molecule has 86 valence electrons. The van der Waals surface area contributed by atoms with E-state index >= 15 is 0 Å². The molecule has 1 aliphatic rings. The fourth-order valence-electron chi connectivity index (χ4n) is 1.74. The topological polar surface area (TPSA) is 39.5 Å². The van der Waals surface area contributed by atoms with E-state index in [1.807, 2.05) is 0 Å². The van der Waals surface area contributed by atoms with Crippen molar-refractivity contribution in [3.05, 3.63) is 0 Å². The van der Waals surface area contributed by atoms with E-state index in [1.165, 1.54) is 0 Å². The molecule has 0 aromatic heterocycles. The van der Waals surface area contributed by atoms with Gasteiger partial charge in [0.25, 0.3) is 0 Å². The van der Waals surface area contributed by atoms with Gasteiger partial charge in [-0.25, -0.2) is 0 Å². The van der Waals surface area contributed by atoms with Crippen LogP contribution >= 0.6 is 0 Å². The van der Waals surface area contributed by atoms with Crippen molar-refractivity contribution in [1.29, 1.82) is 5.26 Å². The van der Waals surface area contributed by atoms with Crippen molar-refractivity contribution >= 4 is 0 Å². The van der Waals surface area contributed by atoms with E-state index in [2.05, 4.69) is 22.8 Å². The molecule has 0 bridgehead atoms. The molecule has 0 unspecified atom stereocenters. The van der Waals surface area contributed by atoms with Crippen LogP contribution in [0.5, 0.6) is 0 Å². The lowest BCUT2D eigenvalue weighted by molar-refractivity contribution is 0.0337. The van der Waals surface area contributed by atoms with Crippen LogP contribution < -0.4 is 0 Å². The third kappa shape index (κ3) is 5.12. The van der Waals surface area contributed by atoms with E-state index in [0.29, 0.717) is 6.42 Å². The summed E-state index contributed by atoms with van der Waals surface area (Å²) in [5.74, 6) is 0. The summed E-state index contributed by atoms with van der Waals surface area (Å²) in [6.07, 6.45) is 0.636. The Morgan fingerprint density at radius 2 is 2.07 bits per heavy atom. The van der Waals surface area contributed by atoms with Crippen LogP contribution in [-0.4, -0.2) is 62.3 Å². The smallest absolute Gasteiger partial charge is 0.0635 e. The van der Waals surface area contributed by atoms with Gasteiger partial charge in [0.15, 0.2) is 0 Å². The number of morpholine rings is 1. The quantitative estimate of drug-likeness (QED) is 0.643. The summed E-state index contributed by atoms with van der Waals surface area (Å²) in [6.45, 7) is 10.1. The number of ether oxygens (including phenoxy) is 1. The van der Waals surface area contributed by atoms with Gasteiger partial charge >= 0.3 is 0 Å². The number of nitrogens with zero attached hydrogens (tertiary/aromatic N) is 3. The van der Waals surface area contributed by atoms with Gasteiger partial charge in [-0.05, 0) is 6.54 Å². The monoisotopic (exact) mass is 211 g/mol. The highest BCUT2D eigenvalue weighted by atomic mass is 16.5. The van der Waals surface area contributed by atoms with E-state index in [0.717, 1.165) is 52.5 Å². The van der Waals surface area contributed by atoms with Gasteiger partial charge in [-0.1, -0.05) is 6.92 Å². The van der Waals surface area contributed by atoms with Gasteiger partial charge in [0.05, 0.1) is 19.3 Å². The summed E-state index contributed by atoms with van der Waals surface area (Å²) in [5, 5.41) is 8.52. The Morgan fingerprint density at radius 1 is 1.33 bits per heavy atom. The van der Waals surface area contributed by atoms with Crippen LogP contribution in [0.3, 0.4) is 0 Å². The van der Waals surface area contributed by atoms with Crippen molar-refractivity contribution in [3.63, 3.8) is 0 Å². The van der Waals surface area contributed by atoms with Crippen LogP contribution in [0.4, 0.5) is 0 Å². The molecule has 0 amide bonds. The molecule has 4 nitrogen and oxygen atoms in total. The zero-order valence-electron chi connectivity index (χ0n) is 9.61. The number of likely N-dealkylation sites (N-methyl/N-ethyl adjacent to an activating group) is 1. The molecule has 4 heteroatoms. The number of nitriles is 1. The highest BCUT2D eigenvalue weighted by Gasteiger charge is 2.11. The van der Waals surface area contributed by atoms with Gasteiger partial charge in [-0.15, -0.1) is 0 Å². The standard InChI is InChI=1S/C11H21N3O/c1-2-13(5-3-4-12)6-7-14-8-10-15-11-9-14/h2-3,5-11H2,1H3. The third-order valence-corrected chi connectivity index (χ3v) is 2.82. The summed E-state index contributed by atoms with van der Waals surface area (Å²) in [5.41, 5.74) is 0. The molecule has 0 spiro atoms. The lowest BCUT2D eigenvalue weighted by atomic mass is 10.3. The van der Waals surface area contributed by atoms with Crippen molar-refractivity contribution in [2.75, 3.05) is 52.5 Å². The molecule has 1 fully saturated rings.